The molecule has 0 radical (unpaired) electrons. The number of likely N-dealkylation sites (tertiary alicyclic amines) is 1. The van der Waals surface area contributed by atoms with Gasteiger partial charge in [0.1, 0.15) is 18.0 Å². The normalized spacial score (nSPS) is 16.3. The van der Waals surface area contributed by atoms with Crippen molar-refractivity contribution < 1.29 is 14.3 Å². The van der Waals surface area contributed by atoms with E-state index in [4.69, 9.17) is 9.47 Å². The van der Waals surface area contributed by atoms with Crippen molar-refractivity contribution in [1.29, 1.82) is 0 Å². The number of carbonyl (C=O) groups is 1. The number of ether oxygens (including phenoxy) is 2. The maximum Gasteiger partial charge on any atom is 0.407 e. The molecule has 0 aromatic heterocycles. The minimum Gasteiger partial charge on any atom is -0.492 e. The zero-order valence-electron chi connectivity index (χ0n) is 16.3. The second-order valence-corrected chi connectivity index (χ2v) is 8.95. The summed E-state index contributed by atoms with van der Waals surface area (Å²) >= 11 is 3.56. The van der Waals surface area contributed by atoms with Gasteiger partial charge in [-0.2, -0.15) is 0 Å². The van der Waals surface area contributed by atoms with Gasteiger partial charge in [-0.1, -0.05) is 22.9 Å². The van der Waals surface area contributed by atoms with Crippen LogP contribution in [0.2, 0.25) is 0 Å². The Kier molecular flexibility index (Phi) is 7.77. The summed E-state index contributed by atoms with van der Waals surface area (Å²) in [7, 11) is 0. The molecule has 1 fully saturated rings. The lowest BCUT2D eigenvalue weighted by Crippen LogP contribution is -2.34. The number of amides is 1. The Labute approximate surface area is 165 Å². The highest BCUT2D eigenvalue weighted by atomic mass is 79.9. The van der Waals surface area contributed by atoms with Crippen molar-refractivity contribution in [3.8, 4) is 5.75 Å². The first kappa shape index (κ1) is 21.0. The van der Waals surface area contributed by atoms with Crippen LogP contribution in [-0.2, 0) is 11.3 Å². The number of halogens is 1. The first-order valence-corrected chi connectivity index (χ1v) is 10.1. The van der Waals surface area contributed by atoms with Gasteiger partial charge in [-0.15, -0.1) is 0 Å². The fourth-order valence-electron chi connectivity index (χ4n) is 2.91. The maximum atomic E-state index is 11.6. The molecule has 1 N–H and O–H groups in total. The maximum absolute atomic E-state index is 11.6. The van der Waals surface area contributed by atoms with Gasteiger partial charge in [0.05, 0.1) is 6.54 Å². The third-order valence-electron chi connectivity index (χ3n) is 4.25. The average molecular weight is 427 g/mol. The molecular formula is C20H31BrN2O3. The number of alkyl carbamates (subject to hydrolysis) is 1. The van der Waals surface area contributed by atoms with Crippen molar-refractivity contribution in [2.75, 3.05) is 26.2 Å². The molecule has 0 atom stereocenters. The minimum absolute atomic E-state index is 0.399. The van der Waals surface area contributed by atoms with Gasteiger partial charge in [-0.25, -0.2) is 4.79 Å². The van der Waals surface area contributed by atoms with E-state index in [0.717, 1.165) is 35.8 Å². The highest BCUT2D eigenvalue weighted by Crippen LogP contribution is 2.24. The van der Waals surface area contributed by atoms with E-state index in [9.17, 15) is 4.79 Å². The van der Waals surface area contributed by atoms with Gasteiger partial charge in [0.15, 0.2) is 0 Å². The third-order valence-corrected chi connectivity index (χ3v) is 4.71. The summed E-state index contributed by atoms with van der Waals surface area (Å²) in [5.41, 5.74) is 0.750. The quantitative estimate of drug-likeness (QED) is 0.675. The average Bonchev–Trinajstić information content (AvgIpc) is 2.52. The van der Waals surface area contributed by atoms with Crippen LogP contribution in [0.25, 0.3) is 0 Å². The number of nitrogens with zero attached hydrogens (tertiary/aromatic N) is 1. The van der Waals surface area contributed by atoms with E-state index < -0.39 is 11.7 Å². The van der Waals surface area contributed by atoms with Gasteiger partial charge >= 0.3 is 6.09 Å². The molecule has 146 valence electrons. The molecule has 0 bridgehead atoms. The molecule has 1 aromatic carbocycles. The molecule has 0 unspecified atom stereocenters. The number of benzene rings is 1. The van der Waals surface area contributed by atoms with E-state index in [1.54, 1.807) is 0 Å². The van der Waals surface area contributed by atoms with Crippen LogP contribution in [-0.4, -0.2) is 42.8 Å². The van der Waals surface area contributed by atoms with Gasteiger partial charge in [0.2, 0.25) is 0 Å². The second-order valence-electron chi connectivity index (χ2n) is 8.03. The van der Waals surface area contributed by atoms with Crippen LogP contribution < -0.4 is 10.1 Å². The predicted octanol–water partition coefficient (Wildman–Crippen LogP) is 4.58. The second kappa shape index (κ2) is 9.60. The molecule has 0 aliphatic carbocycles. The summed E-state index contributed by atoms with van der Waals surface area (Å²) in [6.45, 7) is 11.9. The number of piperidine rings is 1. The summed E-state index contributed by atoms with van der Waals surface area (Å²) < 4.78 is 12.0. The summed E-state index contributed by atoms with van der Waals surface area (Å²) in [4.78, 5) is 14.1. The number of carbonyl (C=O) groups excluding carboxylic acids is 1. The van der Waals surface area contributed by atoms with E-state index in [-0.39, 0.29) is 0 Å². The van der Waals surface area contributed by atoms with Crippen molar-refractivity contribution in [1.82, 2.24) is 10.2 Å². The monoisotopic (exact) mass is 426 g/mol. The van der Waals surface area contributed by atoms with Crippen LogP contribution in [0.1, 0.15) is 46.1 Å². The lowest BCUT2D eigenvalue weighted by molar-refractivity contribution is 0.0520. The van der Waals surface area contributed by atoms with Gasteiger partial charge < -0.3 is 14.8 Å². The zero-order valence-corrected chi connectivity index (χ0v) is 17.9. The van der Waals surface area contributed by atoms with Crippen LogP contribution in [0.4, 0.5) is 4.79 Å². The fraction of sp³-hybridized carbons (Fsp3) is 0.650. The largest absolute Gasteiger partial charge is 0.492 e. The van der Waals surface area contributed by atoms with Crippen molar-refractivity contribution >= 4 is 22.0 Å². The first-order chi connectivity index (χ1) is 12.2. The molecule has 26 heavy (non-hydrogen) atoms. The molecule has 1 heterocycles. The van der Waals surface area contributed by atoms with E-state index in [0.29, 0.717) is 13.2 Å². The number of rotatable bonds is 6. The van der Waals surface area contributed by atoms with Crippen LogP contribution in [0.3, 0.4) is 0 Å². The van der Waals surface area contributed by atoms with Crippen LogP contribution in [0.15, 0.2) is 22.7 Å². The lowest BCUT2D eigenvalue weighted by atomic mass is 9.99. The topological polar surface area (TPSA) is 50.8 Å². The van der Waals surface area contributed by atoms with E-state index in [2.05, 4.69) is 45.2 Å². The van der Waals surface area contributed by atoms with Gasteiger partial charge in [-0.05, 0) is 76.4 Å². The zero-order chi connectivity index (χ0) is 19.2. The minimum atomic E-state index is -0.490. The summed E-state index contributed by atoms with van der Waals surface area (Å²) in [5, 5.41) is 2.70. The van der Waals surface area contributed by atoms with Gasteiger partial charge in [0, 0.05) is 11.0 Å². The molecular weight excluding hydrogens is 396 g/mol. The summed E-state index contributed by atoms with van der Waals surface area (Å²) in [6, 6.07) is 6.18. The number of hydrogen-bond donors (Lipinski definition) is 1. The van der Waals surface area contributed by atoms with Gasteiger partial charge in [-0.3, -0.25) is 4.90 Å². The third kappa shape index (κ3) is 7.96. The molecule has 0 saturated carbocycles. The van der Waals surface area contributed by atoms with Crippen molar-refractivity contribution in [3.05, 3.63) is 28.2 Å². The summed E-state index contributed by atoms with van der Waals surface area (Å²) in [6.07, 6.45) is 2.12. The van der Waals surface area contributed by atoms with Crippen molar-refractivity contribution in [2.45, 2.75) is 52.7 Å². The Morgan fingerprint density at radius 1 is 1.27 bits per heavy atom. The predicted molar refractivity (Wildman–Crippen MR) is 108 cm³/mol. The molecule has 5 nitrogen and oxygen atoms in total. The standard InChI is InChI=1S/C20H31BrN2O3/c1-15-5-8-23(9-6-15)14-16-11-17(21)13-18(12-16)25-10-7-22-19(24)26-20(2,3)4/h11-13,15H,5-10,14H2,1-4H3,(H,22,24). The Morgan fingerprint density at radius 3 is 2.62 bits per heavy atom. The molecule has 1 amide bonds. The number of hydrogen-bond acceptors (Lipinski definition) is 4. The smallest absolute Gasteiger partial charge is 0.407 e. The molecule has 1 aliphatic rings. The van der Waals surface area contributed by atoms with Crippen LogP contribution in [0.5, 0.6) is 5.75 Å². The molecule has 1 aliphatic heterocycles. The van der Waals surface area contributed by atoms with Crippen LogP contribution >= 0.6 is 15.9 Å². The Hall–Kier alpha value is -1.27. The summed E-state index contributed by atoms with van der Waals surface area (Å²) in [5.74, 6) is 1.65. The highest BCUT2D eigenvalue weighted by Gasteiger charge is 2.17. The van der Waals surface area contributed by atoms with E-state index >= 15 is 0 Å². The lowest BCUT2D eigenvalue weighted by Gasteiger charge is -2.30. The Balaban J connectivity index is 1.79. The van der Waals surface area contributed by atoms with Crippen LogP contribution in [0, 0.1) is 5.92 Å². The SMILES string of the molecule is CC1CCN(Cc2cc(Br)cc(OCCNC(=O)OC(C)(C)C)c2)CC1. The molecule has 1 aromatic rings. The molecule has 2 rings (SSSR count). The van der Waals surface area contributed by atoms with Crippen molar-refractivity contribution in [3.63, 3.8) is 0 Å². The van der Waals surface area contributed by atoms with E-state index in [1.165, 1.54) is 18.4 Å². The number of nitrogens with one attached hydrogen (secondary N) is 1. The Bertz CT molecular complexity index is 593. The first-order valence-electron chi connectivity index (χ1n) is 9.33. The highest BCUT2D eigenvalue weighted by molar-refractivity contribution is 9.10. The fourth-order valence-corrected chi connectivity index (χ4v) is 3.43. The Morgan fingerprint density at radius 2 is 1.96 bits per heavy atom. The molecule has 1 saturated heterocycles. The van der Waals surface area contributed by atoms with Crippen molar-refractivity contribution in [2.24, 2.45) is 5.92 Å². The molecule has 6 heteroatoms. The van der Waals surface area contributed by atoms with Gasteiger partial charge in [0.25, 0.3) is 0 Å². The molecule has 0 spiro atoms. The van der Waals surface area contributed by atoms with E-state index in [1.807, 2.05) is 26.8 Å².